The van der Waals surface area contributed by atoms with Gasteiger partial charge in [-0.15, -0.1) is 0 Å². The van der Waals surface area contributed by atoms with E-state index in [0.29, 0.717) is 5.25 Å². The molecule has 0 saturated heterocycles. The molecular formula is C8H18S5. The third-order valence-corrected chi connectivity index (χ3v) is 5.60. The Balaban J connectivity index is 3.28. The van der Waals surface area contributed by atoms with Crippen LogP contribution in [0.15, 0.2) is 0 Å². The fourth-order valence-electron chi connectivity index (χ4n) is 0.747. The molecule has 0 aliphatic heterocycles. The second kappa shape index (κ2) is 11.8. The monoisotopic (exact) mass is 274 g/mol. The minimum atomic E-state index is 0.702. The van der Waals surface area contributed by atoms with Crippen molar-refractivity contribution in [1.82, 2.24) is 0 Å². The van der Waals surface area contributed by atoms with E-state index < -0.39 is 0 Å². The van der Waals surface area contributed by atoms with Gasteiger partial charge in [-0.2, -0.15) is 61.4 Å². The summed E-state index contributed by atoms with van der Waals surface area (Å²) in [5, 5.41) is 0.702. The molecule has 13 heavy (non-hydrogen) atoms. The Morgan fingerprint density at radius 1 is 1.00 bits per heavy atom. The first-order valence-corrected chi connectivity index (χ1v) is 8.47. The van der Waals surface area contributed by atoms with Gasteiger partial charge < -0.3 is 0 Å². The van der Waals surface area contributed by atoms with Crippen LogP contribution in [0.4, 0.5) is 0 Å². The van der Waals surface area contributed by atoms with Crippen molar-refractivity contribution in [3.63, 3.8) is 0 Å². The molecule has 0 aromatic carbocycles. The highest BCUT2D eigenvalue weighted by Gasteiger charge is 2.06. The van der Waals surface area contributed by atoms with Gasteiger partial charge in [-0.3, -0.25) is 0 Å². The average Bonchev–Trinajstić information content (AvgIpc) is 2.16. The SMILES string of the molecule is SCCCSC(CS)CSCCS. The van der Waals surface area contributed by atoms with Crippen molar-refractivity contribution < 1.29 is 0 Å². The summed E-state index contributed by atoms with van der Waals surface area (Å²) in [6, 6.07) is 0. The minimum Gasteiger partial charge on any atom is -0.179 e. The van der Waals surface area contributed by atoms with E-state index in [1.165, 1.54) is 17.9 Å². The molecule has 0 aliphatic rings. The van der Waals surface area contributed by atoms with Crippen LogP contribution < -0.4 is 0 Å². The highest BCUT2D eigenvalue weighted by Crippen LogP contribution is 2.18. The standard InChI is InChI=1S/C8H18S5/c9-2-1-4-13-8(6-11)7-12-5-3-10/h8-11H,1-7H2. The van der Waals surface area contributed by atoms with Crippen molar-refractivity contribution in [3.8, 4) is 0 Å². The van der Waals surface area contributed by atoms with Gasteiger partial charge in [0.2, 0.25) is 0 Å². The lowest BCUT2D eigenvalue weighted by molar-refractivity contribution is 1.09. The van der Waals surface area contributed by atoms with Crippen molar-refractivity contribution in [2.24, 2.45) is 0 Å². The van der Waals surface area contributed by atoms with Gasteiger partial charge in [0.15, 0.2) is 0 Å². The molecule has 0 N–H and O–H groups in total. The summed E-state index contributed by atoms with van der Waals surface area (Å²) in [7, 11) is 0. The van der Waals surface area contributed by atoms with E-state index >= 15 is 0 Å². The van der Waals surface area contributed by atoms with Crippen molar-refractivity contribution in [2.75, 3.05) is 34.5 Å². The number of thioether (sulfide) groups is 2. The maximum absolute atomic E-state index is 4.35. The molecule has 0 heterocycles. The highest BCUT2D eigenvalue weighted by atomic mass is 32.2. The number of hydrogen-bond acceptors (Lipinski definition) is 5. The Bertz CT molecular complexity index is 88.5. The van der Waals surface area contributed by atoms with Gasteiger partial charge in [-0.05, 0) is 23.7 Å². The normalized spacial score (nSPS) is 13.2. The molecule has 0 radical (unpaired) electrons. The summed E-state index contributed by atoms with van der Waals surface area (Å²) in [5.41, 5.74) is 0. The van der Waals surface area contributed by atoms with Gasteiger partial charge in [-0.25, -0.2) is 0 Å². The van der Waals surface area contributed by atoms with Crippen LogP contribution in [0, 0.1) is 0 Å². The first-order valence-electron chi connectivity index (χ1n) is 4.37. The fourth-order valence-corrected chi connectivity index (χ4v) is 4.23. The van der Waals surface area contributed by atoms with E-state index in [0.717, 1.165) is 23.0 Å². The van der Waals surface area contributed by atoms with Gasteiger partial charge in [0, 0.05) is 22.5 Å². The Labute approximate surface area is 107 Å². The van der Waals surface area contributed by atoms with Crippen molar-refractivity contribution in [1.29, 1.82) is 0 Å². The molecule has 80 valence electrons. The number of hydrogen-bond donors (Lipinski definition) is 3. The highest BCUT2D eigenvalue weighted by molar-refractivity contribution is 8.04. The van der Waals surface area contributed by atoms with E-state index in [-0.39, 0.29) is 0 Å². The molecule has 0 nitrogen and oxygen atoms in total. The molecule has 0 aliphatic carbocycles. The van der Waals surface area contributed by atoms with Crippen molar-refractivity contribution >= 4 is 61.4 Å². The quantitative estimate of drug-likeness (QED) is 0.437. The van der Waals surface area contributed by atoms with Crippen LogP contribution in [-0.4, -0.2) is 39.8 Å². The van der Waals surface area contributed by atoms with Gasteiger partial charge >= 0.3 is 0 Å². The Morgan fingerprint density at radius 2 is 1.77 bits per heavy atom. The molecule has 1 atom stereocenters. The average molecular weight is 275 g/mol. The van der Waals surface area contributed by atoms with E-state index in [1.807, 2.05) is 23.5 Å². The predicted molar refractivity (Wildman–Crippen MR) is 79.7 cm³/mol. The zero-order valence-corrected chi connectivity index (χ0v) is 12.0. The van der Waals surface area contributed by atoms with Crippen molar-refractivity contribution in [3.05, 3.63) is 0 Å². The lowest BCUT2D eigenvalue weighted by Gasteiger charge is -2.12. The lowest BCUT2D eigenvalue weighted by atomic mass is 10.5. The molecule has 5 heteroatoms. The van der Waals surface area contributed by atoms with E-state index in [1.54, 1.807) is 0 Å². The molecule has 0 aromatic heterocycles. The molecule has 1 unspecified atom stereocenters. The van der Waals surface area contributed by atoms with Crippen LogP contribution in [0.25, 0.3) is 0 Å². The minimum absolute atomic E-state index is 0.702. The van der Waals surface area contributed by atoms with Gasteiger partial charge in [0.25, 0.3) is 0 Å². The predicted octanol–water partition coefficient (Wildman–Crippen LogP) is 3.00. The third-order valence-electron chi connectivity index (χ3n) is 1.40. The molecular weight excluding hydrogens is 256 g/mol. The molecule has 0 saturated carbocycles. The maximum atomic E-state index is 4.35. The largest absolute Gasteiger partial charge is 0.179 e. The van der Waals surface area contributed by atoms with Crippen LogP contribution in [-0.2, 0) is 0 Å². The summed E-state index contributed by atoms with van der Waals surface area (Å²) >= 11 is 16.7. The van der Waals surface area contributed by atoms with Crippen LogP contribution >= 0.6 is 61.4 Å². The second-order valence-electron chi connectivity index (χ2n) is 2.55. The maximum Gasteiger partial charge on any atom is 0.0226 e. The van der Waals surface area contributed by atoms with Crippen LogP contribution in [0.2, 0.25) is 0 Å². The number of rotatable bonds is 9. The number of thiol groups is 3. The Morgan fingerprint density at radius 3 is 2.31 bits per heavy atom. The Hall–Kier alpha value is 1.75. The molecule has 0 amide bonds. The van der Waals surface area contributed by atoms with Crippen LogP contribution in [0.1, 0.15) is 6.42 Å². The summed E-state index contributed by atoms with van der Waals surface area (Å²) in [6.45, 7) is 0. The van der Waals surface area contributed by atoms with E-state index in [4.69, 9.17) is 0 Å². The second-order valence-corrected chi connectivity index (χ2v) is 6.37. The summed E-state index contributed by atoms with van der Waals surface area (Å²) in [6.07, 6.45) is 1.20. The fraction of sp³-hybridized carbons (Fsp3) is 1.00. The van der Waals surface area contributed by atoms with Crippen LogP contribution in [0.3, 0.4) is 0 Å². The van der Waals surface area contributed by atoms with Crippen LogP contribution in [0.5, 0.6) is 0 Å². The lowest BCUT2D eigenvalue weighted by Crippen LogP contribution is -2.10. The molecule has 0 aromatic rings. The van der Waals surface area contributed by atoms with Crippen molar-refractivity contribution in [2.45, 2.75) is 11.7 Å². The van der Waals surface area contributed by atoms with E-state index in [2.05, 4.69) is 37.9 Å². The molecule has 0 rings (SSSR count). The topological polar surface area (TPSA) is 0 Å². The first kappa shape index (κ1) is 14.8. The molecule has 0 fully saturated rings. The van der Waals surface area contributed by atoms with Gasteiger partial charge in [0.1, 0.15) is 0 Å². The molecule has 0 bridgehead atoms. The summed E-state index contributed by atoms with van der Waals surface area (Å²) in [5.74, 6) is 6.54. The van der Waals surface area contributed by atoms with E-state index in [9.17, 15) is 0 Å². The van der Waals surface area contributed by atoms with Gasteiger partial charge in [0.05, 0.1) is 0 Å². The zero-order chi connectivity index (χ0) is 9.94. The summed E-state index contributed by atoms with van der Waals surface area (Å²) < 4.78 is 0. The molecule has 0 spiro atoms. The zero-order valence-electron chi connectivity index (χ0n) is 7.69. The first-order chi connectivity index (χ1) is 6.35. The third kappa shape index (κ3) is 10.0. The smallest absolute Gasteiger partial charge is 0.0226 e. The Kier molecular flexibility index (Phi) is 13.4. The summed E-state index contributed by atoms with van der Waals surface area (Å²) in [4.78, 5) is 0. The van der Waals surface area contributed by atoms with Gasteiger partial charge in [-0.1, -0.05) is 0 Å².